The first kappa shape index (κ1) is 12.2. The summed E-state index contributed by atoms with van der Waals surface area (Å²) in [6.45, 7) is 2.29. The molecular formula is C16H28. The fourth-order valence-corrected chi connectivity index (χ4v) is 3.49. The van der Waals surface area contributed by atoms with Crippen LogP contribution in [0.5, 0.6) is 0 Å². The second-order valence-corrected chi connectivity index (χ2v) is 5.89. The van der Waals surface area contributed by atoms with Crippen molar-refractivity contribution in [1.29, 1.82) is 0 Å². The summed E-state index contributed by atoms with van der Waals surface area (Å²) in [5.74, 6) is 1.08. The summed E-state index contributed by atoms with van der Waals surface area (Å²) in [6, 6.07) is 0. The van der Waals surface area contributed by atoms with Crippen LogP contribution in [0.2, 0.25) is 0 Å². The number of allylic oxidation sites excluding steroid dienone is 2. The molecule has 0 aliphatic heterocycles. The molecule has 0 heterocycles. The highest BCUT2D eigenvalue weighted by atomic mass is 14.3. The van der Waals surface area contributed by atoms with Crippen molar-refractivity contribution in [2.45, 2.75) is 84.0 Å². The van der Waals surface area contributed by atoms with Crippen molar-refractivity contribution in [2.24, 2.45) is 5.92 Å². The second kappa shape index (κ2) is 6.47. The van der Waals surface area contributed by atoms with Crippen LogP contribution in [-0.4, -0.2) is 0 Å². The molecule has 0 aromatic heterocycles. The lowest BCUT2D eigenvalue weighted by Gasteiger charge is -2.11. The average molecular weight is 220 g/mol. The van der Waals surface area contributed by atoms with Crippen LogP contribution >= 0.6 is 0 Å². The summed E-state index contributed by atoms with van der Waals surface area (Å²) >= 11 is 0. The number of hydrogen-bond acceptors (Lipinski definition) is 0. The summed E-state index contributed by atoms with van der Waals surface area (Å²) in [7, 11) is 0. The molecule has 2 aliphatic carbocycles. The van der Waals surface area contributed by atoms with Crippen LogP contribution in [0.3, 0.4) is 0 Å². The van der Waals surface area contributed by atoms with Gasteiger partial charge < -0.3 is 0 Å². The Bertz CT molecular complexity index is 236. The fourth-order valence-electron chi connectivity index (χ4n) is 3.49. The van der Waals surface area contributed by atoms with Gasteiger partial charge in [-0.25, -0.2) is 0 Å². The van der Waals surface area contributed by atoms with Crippen molar-refractivity contribution in [1.82, 2.24) is 0 Å². The third-order valence-corrected chi connectivity index (χ3v) is 4.51. The summed E-state index contributed by atoms with van der Waals surface area (Å²) in [5.41, 5.74) is 3.75. The van der Waals surface area contributed by atoms with E-state index in [1.165, 1.54) is 77.0 Å². The Morgan fingerprint density at radius 3 is 2.31 bits per heavy atom. The van der Waals surface area contributed by atoms with Crippen LogP contribution in [0, 0.1) is 5.92 Å². The zero-order valence-corrected chi connectivity index (χ0v) is 11.1. The maximum Gasteiger partial charge on any atom is -0.0286 e. The van der Waals surface area contributed by atoms with E-state index >= 15 is 0 Å². The second-order valence-electron chi connectivity index (χ2n) is 5.89. The molecule has 0 spiro atoms. The van der Waals surface area contributed by atoms with Crippen molar-refractivity contribution in [3.8, 4) is 0 Å². The van der Waals surface area contributed by atoms with Gasteiger partial charge >= 0.3 is 0 Å². The quantitative estimate of drug-likeness (QED) is 0.367. The van der Waals surface area contributed by atoms with E-state index in [2.05, 4.69) is 6.92 Å². The van der Waals surface area contributed by atoms with Gasteiger partial charge in [-0.15, -0.1) is 0 Å². The van der Waals surface area contributed by atoms with Gasteiger partial charge in [-0.05, 0) is 44.4 Å². The zero-order chi connectivity index (χ0) is 11.2. The number of rotatable bonds is 8. The minimum absolute atomic E-state index is 1.08. The van der Waals surface area contributed by atoms with Gasteiger partial charge in [0, 0.05) is 0 Å². The first-order valence-corrected chi connectivity index (χ1v) is 7.60. The lowest BCUT2D eigenvalue weighted by molar-refractivity contribution is 0.540. The maximum atomic E-state index is 2.29. The van der Waals surface area contributed by atoms with Crippen LogP contribution in [-0.2, 0) is 0 Å². The van der Waals surface area contributed by atoms with E-state index in [0.717, 1.165) is 5.92 Å². The third-order valence-electron chi connectivity index (χ3n) is 4.51. The van der Waals surface area contributed by atoms with Crippen molar-refractivity contribution in [2.75, 3.05) is 0 Å². The lowest BCUT2D eigenvalue weighted by Crippen LogP contribution is -1.94. The lowest BCUT2D eigenvalue weighted by atomic mass is 9.95. The predicted molar refractivity (Wildman–Crippen MR) is 71.6 cm³/mol. The monoisotopic (exact) mass is 220 g/mol. The molecule has 1 atom stereocenters. The van der Waals surface area contributed by atoms with Crippen LogP contribution in [0.25, 0.3) is 0 Å². The Kier molecular flexibility index (Phi) is 4.93. The molecule has 2 rings (SSSR count). The van der Waals surface area contributed by atoms with Crippen molar-refractivity contribution < 1.29 is 0 Å². The van der Waals surface area contributed by atoms with E-state index < -0.39 is 0 Å². The Morgan fingerprint density at radius 2 is 1.69 bits per heavy atom. The fraction of sp³-hybridized carbons (Fsp3) is 0.875. The summed E-state index contributed by atoms with van der Waals surface area (Å²) < 4.78 is 0. The molecule has 2 bridgehead atoms. The molecule has 0 radical (unpaired) electrons. The standard InChI is InChI=1S/C16H28/c1-2-3-4-5-6-7-8-9-15-12-14-10-11-16(15)13-14/h14H,2-13H2,1H3. The Labute approximate surface area is 102 Å². The van der Waals surface area contributed by atoms with Gasteiger partial charge in [-0.1, -0.05) is 56.6 Å². The molecule has 0 saturated heterocycles. The number of hydrogen-bond donors (Lipinski definition) is 0. The molecule has 1 saturated carbocycles. The van der Waals surface area contributed by atoms with E-state index in [9.17, 15) is 0 Å². The largest absolute Gasteiger partial charge is 0.0707 e. The highest BCUT2D eigenvalue weighted by Gasteiger charge is 2.29. The number of unbranched alkanes of at least 4 members (excludes halogenated alkanes) is 6. The van der Waals surface area contributed by atoms with E-state index in [4.69, 9.17) is 0 Å². The molecule has 0 amide bonds. The van der Waals surface area contributed by atoms with Crippen LogP contribution in [0.4, 0.5) is 0 Å². The smallest absolute Gasteiger partial charge is 0.0286 e. The SMILES string of the molecule is CCCCCCCCCC1=C2CCC(C1)C2. The van der Waals surface area contributed by atoms with Crippen LogP contribution in [0.15, 0.2) is 11.1 Å². The van der Waals surface area contributed by atoms with E-state index in [1.54, 1.807) is 0 Å². The third kappa shape index (κ3) is 3.37. The molecule has 1 fully saturated rings. The van der Waals surface area contributed by atoms with E-state index in [0.29, 0.717) is 0 Å². The molecule has 0 heteroatoms. The van der Waals surface area contributed by atoms with Gasteiger partial charge in [0.05, 0.1) is 0 Å². The Balaban J connectivity index is 1.49. The van der Waals surface area contributed by atoms with Crippen molar-refractivity contribution >= 4 is 0 Å². The van der Waals surface area contributed by atoms with E-state index in [-0.39, 0.29) is 0 Å². The van der Waals surface area contributed by atoms with Crippen molar-refractivity contribution in [3.63, 3.8) is 0 Å². The maximum absolute atomic E-state index is 2.29. The molecule has 16 heavy (non-hydrogen) atoms. The predicted octanol–water partition coefficient (Wildman–Crippen LogP) is 5.63. The molecular weight excluding hydrogens is 192 g/mol. The minimum Gasteiger partial charge on any atom is -0.0707 e. The summed E-state index contributed by atoms with van der Waals surface area (Å²) in [6.07, 6.45) is 17.5. The van der Waals surface area contributed by atoms with Gasteiger partial charge in [0.15, 0.2) is 0 Å². The highest BCUT2D eigenvalue weighted by Crippen LogP contribution is 2.45. The molecule has 0 aromatic carbocycles. The first-order chi connectivity index (χ1) is 7.90. The van der Waals surface area contributed by atoms with Crippen molar-refractivity contribution in [3.05, 3.63) is 11.1 Å². The zero-order valence-electron chi connectivity index (χ0n) is 11.1. The van der Waals surface area contributed by atoms with Gasteiger partial charge in [0.2, 0.25) is 0 Å². The summed E-state index contributed by atoms with van der Waals surface area (Å²) in [5, 5.41) is 0. The summed E-state index contributed by atoms with van der Waals surface area (Å²) in [4.78, 5) is 0. The Morgan fingerprint density at radius 1 is 0.938 bits per heavy atom. The van der Waals surface area contributed by atoms with Crippen LogP contribution < -0.4 is 0 Å². The van der Waals surface area contributed by atoms with E-state index in [1.807, 2.05) is 11.1 Å². The molecule has 92 valence electrons. The number of fused-ring (bicyclic) bond motifs is 2. The molecule has 0 nitrogen and oxygen atoms in total. The molecule has 1 unspecified atom stereocenters. The first-order valence-electron chi connectivity index (χ1n) is 7.60. The molecule has 0 N–H and O–H groups in total. The topological polar surface area (TPSA) is 0 Å². The molecule has 2 aliphatic rings. The van der Waals surface area contributed by atoms with Gasteiger partial charge in [-0.3, -0.25) is 0 Å². The van der Waals surface area contributed by atoms with Gasteiger partial charge in [-0.2, -0.15) is 0 Å². The minimum atomic E-state index is 1.08. The Hall–Kier alpha value is -0.260. The highest BCUT2D eigenvalue weighted by molar-refractivity contribution is 5.25. The average Bonchev–Trinajstić information content (AvgIpc) is 2.90. The van der Waals surface area contributed by atoms with Crippen LogP contribution in [0.1, 0.15) is 84.0 Å². The van der Waals surface area contributed by atoms with Gasteiger partial charge in [0.1, 0.15) is 0 Å². The van der Waals surface area contributed by atoms with Gasteiger partial charge in [0.25, 0.3) is 0 Å². The normalized spacial score (nSPS) is 23.4. The molecule has 0 aromatic rings.